The monoisotopic (exact) mass is 362 g/mol. The zero-order valence-electron chi connectivity index (χ0n) is 13.8. The Labute approximate surface area is 141 Å². The van der Waals surface area contributed by atoms with Gasteiger partial charge in [-0.25, -0.2) is 0 Å². The number of methoxy groups -OCH3 is 1. The van der Waals surface area contributed by atoms with Gasteiger partial charge in [0, 0.05) is 9.89 Å². The van der Waals surface area contributed by atoms with E-state index >= 15 is 0 Å². The molecule has 2 rings (SSSR count). The number of hydrogen-bond donors (Lipinski definition) is 0. The molecule has 0 N–H and O–H groups in total. The summed E-state index contributed by atoms with van der Waals surface area (Å²) in [7, 11) is 1.70. The lowest BCUT2D eigenvalue weighted by Crippen LogP contribution is -2.05. The van der Waals surface area contributed by atoms with Gasteiger partial charge in [-0.15, -0.1) is 0 Å². The Hall–Kier alpha value is -1.48. The molecular weight excluding hydrogens is 340 g/mol. The average Bonchev–Trinajstić information content (AvgIpc) is 2.46. The third-order valence-electron chi connectivity index (χ3n) is 3.60. The van der Waals surface area contributed by atoms with Crippen molar-refractivity contribution in [2.45, 2.75) is 37.9 Å². The Bertz CT molecular complexity index is 625. The highest BCUT2D eigenvalue weighted by Crippen LogP contribution is 2.34. The first-order chi connectivity index (χ1) is 10.3. The Balaban J connectivity index is 2.22. The summed E-state index contributed by atoms with van der Waals surface area (Å²) in [5.74, 6) is 2.95. The molecule has 0 fully saturated rings. The van der Waals surface area contributed by atoms with Crippen LogP contribution < -0.4 is 9.47 Å². The van der Waals surface area contributed by atoms with Gasteiger partial charge in [0.05, 0.1) is 7.11 Å². The molecular formula is C19H23BrO2. The van der Waals surface area contributed by atoms with Crippen LogP contribution in [-0.4, -0.2) is 7.11 Å². The van der Waals surface area contributed by atoms with Crippen LogP contribution in [0.25, 0.3) is 0 Å². The topological polar surface area (TPSA) is 18.5 Å². The minimum Gasteiger partial charge on any atom is -0.496 e. The largest absolute Gasteiger partial charge is 0.496 e. The van der Waals surface area contributed by atoms with Crippen molar-refractivity contribution < 1.29 is 9.47 Å². The first-order valence-electron chi connectivity index (χ1n) is 7.46. The number of halogens is 1. The standard InChI is InChI=1S/C19H23BrO2/c1-13(2)17-12-16(10-11-18(17)21-5)22-15-8-6-14(7-9-15)19(3,4)20/h6-13H,1-5H3. The summed E-state index contributed by atoms with van der Waals surface area (Å²) in [6, 6.07) is 14.1. The van der Waals surface area contributed by atoms with Gasteiger partial charge in [0.1, 0.15) is 17.2 Å². The smallest absolute Gasteiger partial charge is 0.127 e. The Morgan fingerprint density at radius 3 is 2.05 bits per heavy atom. The van der Waals surface area contributed by atoms with Gasteiger partial charge >= 0.3 is 0 Å². The summed E-state index contributed by atoms with van der Waals surface area (Å²) in [6.07, 6.45) is 0. The van der Waals surface area contributed by atoms with Crippen molar-refractivity contribution in [3.05, 3.63) is 53.6 Å². The van der Waals surface area contributed by atoms with Crippen LogP contribution in [0, 0.1) is 0 Å². The van der Waals surface area contributed by atoms with Crippen molar-refractivity contribution in [3.63, 3.8) is 0 Å². The van der Waals surface area contributed by atoms with E-state index in [1.807, 2.05) is 30.3 Å². The second-order valence-electron chi connectivity index (χ2n) is 6.16. The number of hydrogen-bond acceptors (Lipinski definition) is 2. The van der Waals surface area contributed by atoms with E-state index in [9.17, 15) is 0 Å². The molecule has 3 heteroatoms. The average molecular weight is 363 g/mol. The highest BCUT2D eigenvalue weighted by atomic mass is 79.9. The summed E-state index contributed by atoms with van der Waals surface area (Å²) in [6.45, 7) is 8.55. The molecule has 2 nitrogen and oxygen atoms in total. The number of ether oxygens (including phenoxy) is 2. The zero-order valence-corrected chi connectivity index (χ0v) is 15.4. The van der Waals surface area contributed by atoms with E-state index in [4.69, 9.17) is 9.47 Å². The fourth-order valence-electron chi connectivity index (χ4n) is 2.28. The van der Waals surface area contributed by atoms with Crippen molar-refractivity contribution in [2.24, 2.45) is 0 Å². The van der Waals surface area contributed by atoms with E-state index in [0.29, 0.717) is 5.92 Å². The third kappa shape index (κ3) is 4.04. The van der Waals surface area contributed by atoms with Gasteiger partial charge in [-0.05, 0) is 55.7 Å². The fraction of sp³-hybridized carbons (Fsp3) is 0.368. The highest BCUT2D eigenvalue weighted by molar-refractivity contribution is 9.09. The molecule has 22 heavy (non-hydrogen) atoms. The molecule has 0 aromatic heterocycles. The maximum absolute atomic E-state index is 5.97. The molecule has 0 bridgehead atoms. The minimum atomic E-state index is -0.0313. The predicted molar refractivity (Wildman–Crippen MR) is 95.6 cm³/mol. The van der Waals surface area contributed by atoms with Gasteiger partial charge in [0.2, 0.25) is 0 Å². The first-order valence-corrected chi connectivity index (χ1v) is 8.26. The minimum absolute atomic E-state index is 0.0313. The summed E-state index contributed by atoms with van der Waals surface area (Å²) in [5.41, 5.74) is 2.37. The van der Waals surface area contributed by atoms with Crippen LogP contribution in [0.5, 0.6) is 17.2 Å². The summed E-state index contributed by atoms with van der Waals surface area (Å²) < 4.78 is 11.3. The SMILES string of the molecule is COc1ccc(Oc2ccc(C(C)(C)Br)cc2)cc1C(C)C. The van der Waals surface area contributed by atoms with Crippen LogP contribution in [-0.2, 0) is 4.32 Å². The van der Waals surface area contributed by atoms with Crippen LogP contribution in [0.15, 0.2) is 42.5 Å². The lowest BCUT2D eigenvalue weighted by atomic mass is 10.0. The zero-order chi connectivity index (χ0) is 16.3. The van der Waals surface area contributed by atoms with Gasteiger partial charge < -0.3 is 9.47 Å². The Morgan fingerprint density at radius 2 is 1.55 bits per heavy atom. The quantitative estimate of drug-likeness (QED) is 0.586. The van der Waals surface area contributed by atoms with Crippen molar-refractivity contribution >= 4 is 15.9 Å². The van der Waals surface area contributed by atoms with Crippen LogP contribution >= 0.6 is 15.9 Å². The van der Waals surface area contributed by atoms with Gasteiger partial charge in [-0.2, -0.15) is 0 Å². The fourth-order valence-corrected chi connectivity index (χ4v) is 2.55. The predicted octanol–water partition coefficient (Wildman–Crippen LogP) is 6.24. The van der Waals surface area contributed by atoms with Gasteiger partial charge in [0.15, 0.2) is 0 Å². The third-order valence-corrected chi connectivity index (χ3v) is 4.06. The lowest BCUT2D eigenvalue weighted by Gasteiger charge is -2.17. The van der Waals surface area contributed by atoms with Crippen molar-refractivity contribution in [3.8, 4) is 17.2 Å². The molecule has 0 aliphatic rings. The molecule has 2 aromatic rings. The van der Waals surface area contributed by atoms with E-state index in [2.05, 4.69) is 55.8 Å². The molecule has 118 valence electrons. The van der Waals surface area contributed by atoms with Crippen molar-refractivity contribution in [1.29, 1.82) is 0 Å². The molecule has 0 saturated heterocycles. The summed E-state index contributed by atoms with van der Waals surface area (Å²) in [5, 5.41) is 0. The molecule has 0 aliphatic heterocycles. The molecule has 0 amide bonds. The lowest BCUT2D eigenvalue weighted by molar-refractivity contribution is 0.405. The molecule has 0 saturated carbocycles. The van der Waals surface area contributed by atoms with Crippen LogP contribution in [0.3, 0.4) is 0 Å². The van der Waals surface area contributed by atoms with Gasteiger partial charge in [-0.1, -0.05) is 41.9 Å². The Kier molecular flexibility index (Phi) is 5.17. The molecule has 0 atom stereocenters. The van der Waals surface area contributed by atoms with Crippen molar-refractivity contribution in [1.82, 2.24) is 0 Å². The van der Waals surface area contributed by atoms with Crippen molar-refractivity contribution in [2.75, 3.05) is 7.11 Å². The van der Waals surface area contributed by atoms with Gasteiger partial charge in [0.25, 0.3) is 0 Å². The number of alkyl halides is 1. The van der Waals surface area contributed by atoms with Gasteiger partial charge in [-0.3, -0.25) is 0 Å². The highest BCUT2D eigenvalue weighted by Gasteiger charge is 2.15. The second kappa shape index (κ2) is 6.74. The normalized spacial score (nSPS) is 11.6. The first kappa shape index (κ1) is 16.9. The maximum Gasteiger partial charge on any atom is 0.127 e. The second-order valence-corrected chi connectivity index (χ2v) is 8.14. The molecule has 0 heterocycles. The van der Waals surface area contributed by atoms with E-state index in [-0.39, 0.29) is 4.32 Å². The van der Waals surface area contributed by atoms with E-state index in [0.717, 1.165) is 22.8 Å². The molecule has 0 aliphatic carbocycles. The number of benzene rings is 2. The maximum atomic E-state index is 5.97. The molecule has 2 aromatic carbocycles. The van der Waals surface area contributed by atoms with Crippen LogP contribution in [0.2, 0.25) is 0 Å². The number of rotatable bonds is 5. The Morgan fingerprint density at radius 1 is 0.955 bits per heavy atom. The van der Waals surface area contributed by atoms with E-state index < -0.39 is 0 Å². The summed E-state index contributed by atoms with van der Waals surface area (Å²) >= 11 is 3.66. The molecule has 0 radical (unpaired) electrons. The molecule has 0 spiro atoms. The molecule has 0 unspecified atom stereocenters. The van der Waals surface area contributed by atoms with E-state index in [1.54, 1.807) is 7.11 Å². The van der Waals surface area contributed by atoms with Crippen LogP contribution in [0.4, 0.5) is 0 Å². The van der Waals surface area contributed by atoms with E-state index in [1.165, 1.54) is 5.56 Å². The summed E-state index contributed by atoms with van der Waals surface area (Å²) in [4.78, 5) is 0. The van der Waals surface area contributed by atoms with Crippen LogP contribution in [0.1, 0.15) is 44.7 Å².